The number of ether oxygens (including phenoxy) is 1. The van der Waals surface area contributed by atoms with Crippen LogP contribution >= 0.6 is 0 Å². The molecule has 1 spiro atoms. The van der Waals surface area contributed by atoms with Crippen molar-refractivity contribution in [1.82, 2.24) is 19.4 Å². The van der Waals surface area contributed by atoms with Gasteiger partial charge in [0.2, 0.25) is 10.0 Å². The Morgan fingerprint density at radius 3 is 2.55 bits per heavy atom. The molecule has 1 atom stereocenters. The van der Waals surface area contributed by atoms with Crippen molar-refractivity contribution in [1.29, 1.82) is 0 Å². The molecule has 8 heteroatoms. The average molecular weight is 419 g/mol. The summed E-state index contributed by atoms with van der Waals surface area (Å²) < 4.78 is 35.5. The van der Waals surface area contributed by atoms with Crippen LogP contribution < -0.4 is 4.72 Å². The second-order valence-corrected chi connectivity index (χ2v) is 10.3. The number of benzene rings is 1. The van der Waals surface area contributed by atoms with Gasteiger partial charge in [-0.3, -0.25) is 9.58 Å². The second kappa shape index (κ2) is 8.18. The molecule has 0 amide bonds. The predicted octanol–water partition coefficient (Wildman–Crippen LogP) is 2.57. The largest absolute Gasteiger partial charge is 0.370 e. The van der Waals surface area contributed by atoms with Gasteiger partial charge in [0.15, 0.2) is 0 Å². The third kappa shape index (κ3) is 4.71. The molecular formula is C21H30N4O3S. The molecule has 2 aromatic rings. The van der Waals surface area contributed by atoms with Crippen LogP contribution in [0, 0.1) is 0 Å². The summed E-state index contributed by atoms with van der Waals surface area (Å²) in [5.74, 6) is 0. The summed E-state index contributed by atoms with van der Waals surface area (Å²) in [5.41, 5.74) is 1.18. The molecule has 0 bridgehead atoms. The molecule has 0 aliphatic carbocycles. The first-order chi connectivity index (χ1) is 13.9. The fourth-order valence-electron chi connectivity index (χ4n) is 4.20. The molecule has 0 radical (unpaired) electrons. The maximum Gasteiger partial charge on any atom is 0.240 e. The van der Waals surface area contributed by atoms with Crippen LogP contribution in [0.2, 0.25) is 0 Å². The van der Waals surface area contributed by atoms with E-state index in [1.165, 1.54) is 5.56 Å². The minimum atomic E-state index is -3.47. The molecule has 3 heterocycles. The Labute approximate surface area is 173 Å². The number of rotatable bonds is 7. The van der Waals surface area contributed by atoms with Gasteiger partial charge in [0, 0.05) is 50.4 Å². The van der Waals surface area contributed by atoms with E-state index >= 15 is 0 Å². The lowest BCUT2D eigenvalue weighted by molar-refractivity contribution is -0.222. The second-order valence-electron chi connectivity index (χ2n) is 8.49. The smallest absolute Gasteiger partial charge is 0.240 e. The minimum Gasteiger partial charge on any atom is -0.370 e. The van der Waals surface area contributed by atoms with E-state index in [4.69, 9.17) is 4.74 Å². The molecule has 29 heavy (non-hydrogen) atoms. The van der Waals surface area contributed by atoms with Crippen LogP contribution in [0.1, 0.15) is 44.7 Å². The summed E-state index contributed by atoms with van der Waals surface area (Å²) in [5, 5.41) is 4.42. The summed E-state index contributed by atoms with van der Waals surface area (Å²) in [6, 6.07) is 8.85. The summed E-state index contributed by atoms with van der Waals surface area (Å²) in [6.07, 6.45) is 6.96. The Morgan fingerprint density at radius 2 is 1.93 bits per heavy atom. The van der Waals surface area contributed by atoms with Gasteiger partial charge in [-0.2, -0.15) is 5.10 Å². The van der Waals surface area contributed by atoms with Gasteiger partial charge in [-0.1, -0.05) is 18.2 Å². The highest BCUT2D eigenvalue weighted by atomic mass is 32.2. The van der Waals surface area contributed by atoms with Crippen molar-refractivity contribution in [3.05, 3.63) is 48.3 Å². The summed E-state index contributed by atoms with van der Waals surface area (Å²) in [6.45, 7) is 7.50. The molecule has 2 aliphatic heterocycles. The fraction of sp³-hybridized carbons (Fsp3) is 0.571. The van der Waals surface area contributed by atoms with E-state index in [0.29, 0.717) is 17.5 Å². The first-order valence-corrected chi connectivity index (χ1v) is 11.8. The molecule has 1 aromatic heterocycles. The van der Waals surface area contributed by atoms with Gasteiger partial charge in [-0.25, -0.2) is 13.1 Å². The van der Waals surface area contributed by atoms with Crippen LogP contribution in [-0.2, 0) is 21.3 Å². The van der Waals surface area contributed by atoms with Crippen LogP contribution in [0.5, 0.6) is 0 Å². The van der Waals surface area contributed by atoms with Crippen molar-refractivity contribution in [2.24, 2.45) is 0 Å². The molecule has 2 aliphatic rings. The number of sulfonamides is 1. The zero-order valence-electron chi connectivity index (χ0n) is 17.1. The topological polar surface area (TPSA) is 76.5 Å². The third-order valence-corrected chi connectivity index (χ3v) is 7.37. The van der Waals surface area contributed by atoms with Crippen LogP contribution in [0.15, 0.2) is 47.6 Å². The van der Waals surface area contributed by atoms with Crippen LogP contribution in [0.25, 0.3) is 0 Å². The van der Waals surface area contributed by atoms with Crippen molar-refractivity contribution >= 4 is 10.0 Å². The van der Waals surface area contributed by atoms with Gasteiger partial charge in [-0.05, 0) is 38.8 Å². The average Bonchev–Trinajstić information content (AvgIpc) is 3.15. The van der Waals surface area contributed by atoms with Gasteiger partial charge in [0.05, 0.1) is 22.8 Å². The lowest BCUT2D eigenvalue weighted by Crippen LogP contribution is -2.58. The number of aromatic nitrogens is 2. The number of likely N-dealkylation sites (tertiary alicyclic amines) is 1. The van der Waals surface area contributed by atoms with Gasteiger partial charge >= 0.3 is 0 Å². The molecule has 4 rings (SSSR count). The minimum absolute atomic E-state index is 0.0377. The number of piperidine rings is 1. The number of hydrogen-bond donors (Lipinski definition) is 1. The highest BCUT2D eigenvalue weighted by molar-refractivity contribution is 7.89. The van der Waals surface area contributed by atoms with Crippen LogP contribution in [0.4, 0.5) is 0 Å². The zero-order valence-corrected chi connectivity index (χ0v) is 17.9. The molecule has 2 saturated heterocycles. The predicted molar refractivity (Wildman–Crippen MR) is 111 cm³/mol. The molecular weight excluding hydrogens is 388 g/mol. The monoisotopic (exact) mass is 418 g/mol. The van der Waals surface area contributed by atoms with E-state index in [9.17, 15) is 8.42 Å². The maximum atomic E-state index is 12.3. The summed E-state index contributed by atoms with van der Waals surface area (Å²) in [7, 11) is -3.47. The SMILES string of the molecule is CC(C)n1cc(CN2CCC3(CC2)CC(CNS(=O)(=O)c2ccccc2)O3)cn1. The Morgan fingerprint density at radius 1 is 1.24 bits per heavy atom. The number of nitrogens with one attached hydrogen (secondary N) is 1. The molecule has 158 valence electrons. The van der Waals surface area contributed by atoms with Crippen molar-refractivity contribution in [3.63, 3.8) is 0 Å². The van der Waals surface area contributed by atoms with Gasteiger partial charge in [0.1, 0.15) is 0 Å². The van der Waals surface area contributed by atoms with E-state index in [0.717, 1.165) is 38.9 Å². The first kappa shape index (κ1) is 20.5. The fourth-order valence-corrected chi connectivity index (χ4v) is 5.29. The van der Waals surface area contributed by atoms with Crippen molar-refractivity contribution in [2.75, 3.05) is 19.6 Å². The Balaban J connectivity index is 1.21. The molecule has 1 N–H and O–H groups in total. The van der Waals surface area contributed by atoms with Crippen LogP contribution in [0.3, 0.4) is 0 Å². The van der Waals surface area contributed by atoms with Gasteiger partial charge in [0.25, 0.3) is 0 Å². The van der Waals surface area contributed by atoms with Gasteiger partial charge < -0.3 is 4.74 Å². The number of nitrogens with zero attached hydrogens (tertiary/aromatic N) is 3. The summed E-state index contributed by atoms with van der Waals surface area (Å²) >= 11 is 0. The lowest BCUT2D eigenvalue weighted by Gasteiger charge is -2.52. The quantitative estimate of drug-likeness (QED) is 0.748. The van der Waals surface area contributed by atoms with E-state index in [2.05, 4.69) is 34.8 Å². The van der Waals surface area contributed by atoms with E-state index in [-0.39, 0.29) is 11.7 Å². The normalized spacial score (nSPS) is 22.1. The van der Waals surface area contributed by atoms with E-state index in [1.54, 1.807) is 30.3 Å². The molecule has 0 saturated carbocycles. The highest BCUT2D eigenvalue weighted by Crippen LogP contribution is 2.41. The molecule has 1 aromatic carbocycles. The Hall–Kier alpha value is -1.74. The third-order valence-electron chi connectivity index (χ3n) is 5.93. The molecule has 1 unspecified atom stereocenters. The zero-order chi connectivity index (χ0) is 20.5. The number of hydrogen-bond acceptors (Lipinski definition) is 5. The summed E-state index contributed by atoms with van der Waals surface area (Å²) in [4.78, 5) is 2.74. The molecule has 2 fully saturated rings. The Bertz CT molecular complexity index is 910. The highest BCUT2D eigenvalue weighted by Gasteiger charge is 2.47. The van der Waals surface area contributed by atoms with E-state index < -0.39 is 10.0 Å². The van der Waals surface area contributed by atoms with E-state index in [1.807, 2.05) is 10.9 Å². The standard InChI is InChI=1S/C21H30N4O3S/c1-17(2)25-16-18(13-22-25)15-24-10-8-21(9-11-24)12-19(28-21)14-23-29(26,27)20-6-4-3-5-7-20/h3-7,13,16-17,19,23H,8-12,14-15H2,1-2H3. The maximum absolute atomic E-state index is 12.3. The molecule has 7 nitrogen and oxygen atoms in total. The van der Waals surface area contributed by atoms with Crippen molar-refractivity contribution in [2.45, 2.75) is 62.3 Å². The Kier molecular flexibility index (Phi) is 5.79. The lowest BCUT2D eigenvalue weighted by atomic mass is 9.80. The van der Waals surface area contributed by atoms with Gasteiger partial charge in [-0.15, -0.1) is 0 Å². The first-order valence-electron chi connectivity index (χ1n) is 10.3. The van der Waals surface area contributed by atoms with Crippen molar-refractivity contribution in [3.8, 4) is 0 Å². The van der Waals surface area contributed by atoms with Crippen LogP contribution in [-0.4, -0.2) is 54.4 Å². The van der Waals surface area contributed by atoms with Crippen molar-refractivity contribution < 1.29 is 13.2 Å².